The van der Waals surface area contributed by atoms with Crippen molar-refractivity contribution < 1.29 is 32.6 Å². The lowest BCUT2D eigenvalue weighted by molar-refractivity contribution is -0.274. The van der Waals surface area contributed by atoms with Crippen molar-refractivity contribution in [1.82, 2.24) is 10.3 Å². The van der Waals surface area contributed by atoms with E-state index >= 15 is 0 Å². The van der Waals surface area contributed by atoms with E-state index in [2.05, 4.69) is 20.4 Å². The molecule has 7 nitrogen and oxygen atoms in total. The second kappa shape index (κ2) is 13.1. The van der Waals surface area contributed by atoms with Crippen LogP contribution in [0.2, 0.25) is 5.02 Å². The molecule has 2 unspecified atom stereocenters. The van der Waals surface area contributed by atoms with Gasteiger partial charge in [-0.1, -0.05) is 49.2 Å². The minimum Gasteiger partial charge on any atom is -0.481 e. The zero-order valence-electron chi connectivity index (χ0n) is 20.5. The monoisotopic (exact) mass is 549 g/mol. The predicted molar refractivity (Wildman–Crippen MR) is 137 cm³/mol. The normalized spacial score (nSPS) is 12.9. The molecular weight excluding hydrogens is 523 g/mol. The Balaban J connectivity index is 1.91. The third-order valence-electron chi connectivity index (χ3n) is 5.73. The molecule has 3 rings (SSSR count). The van der Waals surface area contributed by atoms with Gasteiger partial charge in [0.2, 0.25) is 0 Å². The molecule has 202 valence electrons. The number of aliphatic carboxylic acids is 1. The van der Waals surface area contributed by atoms with Gasteiger partial charge in [-0.25, -0.2) is 4.98 Å². The molecule has 0 saturated carbocycles. The number of hydrogen-bond donors (Lipinski definition) is 3. The van der Waals surface area contributed by atoms with Gasteiger partial charge < -0.3 is 20.5 Å². The van der Waals surface area contributed by atoms with Gasteiger partial charge in [-0.3, -0.25) is 9.59 Å². The van der Waals surface area contributed by atoms with E-state index in [1.807, 2.05) is 19.1 Å². The molecule has 3 aromatic rings. The van der Waals surface area contributed by atoms with E-state index in [-0.39, 0.29) is 36.6 Å². The van der Waals surface area contributed by atoms with Crippen molar-refractivity contribution in [3.05, 3.63) is 88.6 Å². The average molecular weight is 550 g/mol. The topological polar surface area (TPSA) is 101 Å². The summed E-state index contributed by atoms with van der Waals surface area (Å²) in [6, 6.07) is 15.6. The molecule has 0 fully saturated rings. The fourth-order valence-electron chi connectivity index (χ4n) is 4.02. The molecule has 1 heterocycles. The second-order valence-electron chi connectivity index (χ2n) is 8.52. The number of anilines is 1. The number of rotatable bonds is 12. The van der Waals surface area contributed by atoms with Gasteiger partial charge in [0.25, 0.3) is 5.91 Å². The van der Waals surface area contributed by atoms with Gasteiger partial charge in [0.15, 0.2) is 0 Å². The van der Waals surface area contributed by atoms with Gasteiger partial charge >= 0.3 is 12.3 Å². The Morgan fingerprint density at radius 1 is 1.03 bits per heavy atom. The first-order valence-corrected chi connectivity index (χ1v) is 12.3. The second-order valence-corrected chi connectivity index (χ2v) is 8.95. The highest BCUT2D eigenvalue weighted by Crippen LogP contribution is 2.38. The fraction of sp³-hybridized carbons (Fsp3) is 0.296. The van der Waals surface area contributed by atoms with Gasteiger partial charge in [0, 0.05) is 24.2 Å². The van der Waals surface area contributed by atoms with E-state index in [0.717, 1.165) is 18.4 Å². The Kier molecular flexibility index (Phi) is 9.95. The van der Waals surface area contributed by atoms with Crippen molar-refractivity contribution in [1.29, 1.82) is 0 Å². The first-order chi connectivity index (χ1) is 18.1. The fourth-order valence-corrected chi connectivity index (χ4v) is 4.13. The molecule has 2 aromatic carbocycles. The number of carboxylic acid groups (broad SMARTS) is 1. The molecule has 38 heavy (non-hydrogen) atoms. The Hall–Kier alpha value is -3.79. The number of aromatic nitrogens is 1. The minimum absolute atomic E-state index is 0.0164. The molecule has 0 bridgehead atoms. The van der Waals surface area contributed by atoms with E-state index < -0.39 is 12.3 Å². The molecule has 3 N–H and O–H groups in total. The maximum absolute atomic E-state index is 12.7. The van der Waals surface area contributed by atoms with Crippen LogP contribution in [0, 0.1) is 0 Å². The van der Waals surface area contributed by atoms with Gasteiger partial charge in [-0.15, -0.1) is 13.2 Å². The number of nitrogens with one attached hydrogen (secondary N) is 2. The number of carbonyl (C=O) groups excluding carboxylic acids is 1. The van der Waals surface area contributed by atoms with Crippen LogP contribution in [-0.4, -0.2) is 34.9 Å². The third kappa shape index (κ3) is 8.65. The summed E-state index contributed by atoms with van der Waals surface area (Å²) in [6.45, 7) is 2.04. The summed E-state index contributed by atoms with van der Waals surface area (Å²) in [6.07, 6.45) is -1.95. The van der Waals surface area contributed by atoms with Crippen LogP contribution in [0.4, 0.5) is 19.0 Å². The van der Waals surface area contributed by atoms with Crippen LogP contribution < -0.4 is 15.4 Å². The van der Waals surface area contributed by atoms with E-state index in [1.54, 1.807) is 36.4 Å². The van der Waals surface area contributed by atoms with E-state index in [9.17, 15) is 22.8 Å². The van der Waals surface area contributed by atoms with Crippen molar-refractivity contribution in [3.63, 3.8) is 0 Å². The number of carboxylic acids is 1. The maximum atomic E-state index is 12.7. The Labute approximate surface area is 223 Å². The summed E-state index contributed by atoms with van der Waals surface area (Å²) in [4.78, 5) is 27.4. The van der Waals surface area contributed by atoms with Crippen molar-refractivity contribution in [2.24, 2.45) is 0 Å². The number of ether oxygens (including phenoxy) is 1. The first-order valence-electron chi connectivity index (χ1n) is 11.9. The quantitative estimate of drug-likeness (QED) is 0.236. The largest absolute Gasteiger partial charge is 0.573 e. The van der Waals surface area contributed by atoms with Gasteiger partial charge in [-0.2, -0.15) is 0 Å². The molecule has 0 aliphatic heterocycles. The molecule has 2 atom stereocenters. The third-order valence-corrected chi connectivity index (χ3v) is 5.95. The number of hydrogen-bond acceptors (Lipinski definition) is 5. The summed E-state index contributed by atoms with van der Waals surface area (Å²) in [5, 5.41) is 15.2. The maximum Gasteiger partial charge on any atom is 0.573 e. The number of carbonyl (C=O) groups is 2. The highest BCUT2D eigenvalue weighted by Gasteiger charge is 2.31. The van der Waals surface area contributed by atoms with Crippen LogP contribution in [-0.2, 0) is 4.79 Å². The molecule has 0 radical (unpaired) electrons. The Morgan fingerprint density at radius 3 is 2.24 bits per heavy atom. The summed E-state index contributed by atoms with van der Waals surface area (Å²) in [5.74, 6) is -1.32. The van der Waals surface area contributed by atoms with Crippen LogP contribution in [0.25, 0.3) is 0 Å². The molecule has 1 amide bonds. The van der Waals surface area contributed by atoms with Crippen LogP contribution >= 0.6 is 11.6 Å². The molecule has 0 spiro atoms. The lowest BCUT2D eigenvalue weighted by Gasteiger charge is -2.30. The Bertz CT molecular complexity index is 1200. The summed E-state index contributed by atoms with van der Waals surface area (Å²) >= 11 is 5.97. The predicted octanol–water partition coefficient (Wildman–Crippen LogP) is 6.58. The SMILES string of the molecule is CCCC(c1ccc(C(=O)NCCC(=O)O)cc1)C(Nc1ccc(Cl)cn1)c1ccc(OC(F)(F)F)cc1. The molecule has 0 aliphatic carbocycles. The highest BCUT2D eigenvalue weighted by molar-refractivity contribution is 6.30. The minimum atomic E-state index is -4.79. The van der Waals surface area contributed by atoms with Gasteiger partial charge in [0.05, 0.1) is 17.5 Å². The number of nitrogens with zero attached hydrogens (tertiary/aromatic N) is 1. The zero-order valence-corrected chi connectivity index (χ0v) is 21.2. The summed E-state index contributed by atoms with van der Waals surface area (Å²) < 4.78 is 42.0. The lowest BCUT2D eigenvalue weighted by atomic mass is 9.83. The smallest absolute Gasteiger partial charge is 0.481 e. The summed E-state index contributed by atoms with van der Waals surface area (Å²) in [7, 11) is 0. The molecular formula is C27H27ClF3N3O4. The van der Waals surface area contributed by atoms with Crippen LogP contribution in [0.1, 0.15) is 59.6 Å². The Morgan fingerprint density at radius 2 is 1.68 bits per heavy atom. The van der Waals surface area contributed by atoms with E-state index in [4.69, 9.17) is 16.7 Å². The highest BCUT2D eigenvalue weighted by atomic mass is 35.5. The molecule has 0 saturated heterocycles. The van der Waals surface area contributed by atoms with Gasteiger partial charge in [0.1, 0.15) is 11.6 Å². The van der Waals surface area contributed by atoms with Crippen molar-refractivity contribution in [2.45, 2.75) is 44.5 Å². The van der Waals surface area contributed by atoms with E-state index in [0.29, 0.717) is 22.0 Å². The van der Waals surface area contributed by atoms with E-state index in [1.165, 1.54) is 18.3 Å². The first kappa shape index (κ1) is 28.8. The number of amides is 1. The van der Waals surface area contributed by atoms with Crippen LogP contribution in [0.3, 0.4) is 0 Å². The van der Waals surface area contributed by atoms with Crippen molar-refractivity contribution in [3.8, 4) is 5.75 Å². The molecule has 1 aromatic heterocycles. The standard InChI is InChI=1S/C27H27ClF3N3O4/c1-2-3-22(17-4-6-19(7-5-17)26(37)32-15-14-24(35)36)25(34-23-13-10-20(28)16-33-23)18-8-11-21(12-9-18)38-27(29,30)31/h4-13,16,22,25H,2-3,14-15H2,1H3,(H,32,37)(H,33,34)(H,35,36). The zero-order chi connectivity index (χ0) is 27.7. The number of benzene rings is 2. The van der Waals surface area contributed by atoms with Crippen molar-refractivity contribution >= 4 is 29.3 Å². The summed E-state index contributed by atoms with van der Waals surface area (Å²) in [5.41, 5.74) is 1.99. The number of alkyl halides is 3. The van der Waals surface area contributed by atoms with Gasteiger partial charge in [-0.05, 0) is 53.9 Å². The average Bonchev–Trinajstić information content (AvgIpc) is 2.87. The molecule has 11 heteroatoms. The number of halogens is 4. The van der Waals surface area contributed by atoms with Crippen LogP contribution in [0.5, 0.6) is 5.75 Å². The van der Waals surface area contributed by atoms with Crippen molar-refractivity contribution in [2.75, 3.05) is 11.9 Å². The molecule has 0 aliphatic rings. The lowest BCUT2D eigenvalue weighted by Crippen LogP contribution is -2.26. The van der Waals surface area contributed by atoms with Crippen LogP contribution in [0.15, 0.2) is 66.9 Å². The number of pyridine rings is 1.